The molecule has 0 aromatic heterocycles. The van der Waals surface area contributed by atoms with E-state index in [9.17, 15) is 4.79 Å². The van der Waals surface area contributed by atoms with Crippen LogP contribution in [0.1, 0.15) is 32.8 Å². The number of hydrogen-bond acceptors (Lipinski definition) is 4. The molecule has 1 heterocycles. The van der Waals surface area contributed by atoms with Gasteiger partial charge >= 0.3 is 0 Å². The summed E-state index contributed by atoms with van der Waals surface area (Å²) in [6.07, 6.45) is 4.14. The Balaban J connectivity index is 1.98. The molecule has 0 saturated carbocycles. The predicted molar refractivity (Wildman–Crippen MR) is 88.6 cm³/mol. The second kappa shape index (κ2) is 7.22. The Hall–Kier alpha value is -2.14. The molecule has 0 aliphatic carbocycles. The van der Waals surface area contributed by atoms with Crippen molar-refractivity contribution in [2.45, 2.75) is 39.3 Å². The lowest BCUT2D eigenvalue weighted by Crippen LogP contribution is -2.39. The smallest absolute Gasteiger partial charge is 0.256 e. The van der Waals surface area contributed by atoms with Gasteiger partial charge in [0.25, 0.3) is 5.91 Å². The zero-order chi connectivity index (χ0) is 16.1. The molecule has 2 atom stereocenters. The number of hydrogen-bond donors (Lipinski definition) is 2. The highest BCUT2D eigenvalue weighted by molar-refractivity contribution is 5.90. The molecule has 0 radical (unpaired) electrons. The summed E-state index contributed by atoms with van der Waals surface area (Å²) in [4.78, 5) is 11.8. The van der Waals surface area contributed by atoms with E-state index < -0.39 is 6.04 Å². The molecule has 5 nitrogen and oxygen atoms in total. The molecular weight excluding hydrogens is 278 g/mol. The van der Waals surface area contributed by atoms with E-state index in [2.05, 4.69) is 10.5 Å². The van der Waals surface area contributed by atoms with Crippen molar-refractivity contribution in [2.75, 3.05) is 0 Å². The molecule has 0 saturated heterocycles. The maximum absolute atomic E-state index is 11.8. The molecule has 1 aromatic carbocycles. The lowest BCUT2D eigenvalue weighted by Gasteiger charge is -2.22. The number of rotatable bonds is 5. The highest BCUT2D eigenvalue weighted by Gasteiger charge is 2.17. The van der Waals surface area contributed by atoms with Gasteiger partial charge < -0.3 is 10.5 Å². The van der Waals surface area contributed by atoms with Crippen LogP contribution in [0.15, 0.2) is 34.9 Å². The lowest BCUT2D eigenvalue weighted by molar-refractivity contribution is -0.122. The van der Waals surface area contributed by atoms with Gasteiger partial charge in [-0.25, -0.2) is 5.43 Å². The molecule has 1 aromatic rings. The van der Waals surface area contributed by atoms with Crippen molar-refractivity contribution in [1.29, 1.82) is 0 Å². The zero-order valence-corrected chi connectivity index (χ0v) is 13.2. The molecule has 0 spiro atoms. The predicted octanol–water partition coefficient (Wildman–Crippen LogP) is 2.33. The standard InChI is InChI=1S/C17H23N3O2/c1-11(2)8-15(18)17(21)20-19-10-14-9-13-6-4-5-7-16(13)22-12(14)3/h4-7,9-12,15H,8,18H2,1-3H3,(H,20,21)/b19-10-/t12-,15+/m0/s1. The van der Waals surface area contributed by atoms with Gasteiger partial charge in [-0.15, -0.1) is 0 Å². The largest absolute Gasteiger partial charge is 0.485 e. The minimum Gasteiger partial charge on any atom is -0.485 e. The number of hydrazone groups is 1. The highest BCUT2D eigenvalue weighted by Crippen LogP contribution is 2.28. The van der Waals surface area contributed by atoms with Gasteiger partial charge in [-0.05, 0) is 31.4 Å². The van der Waals surface area contributed by atoms with Crippen LogP contribution in [0, 0.1) is 5.92 Å². The summed E-state index contributed by atoms with van der Waals surface area (Å²) in [6.45, 7) is 6.00. The number of fused-ring (bicyclic) bond motifs is 1. The molecule has 5 heteroatoms. The van der Waals surface area contributed by atoms with Crippen molar-refractivity contribution in [2.24, 2.45) is 16.8 Å². The second-order valence-electron chi connectivity index (χ2n) is 5.91. The van der Waals surface area contributed by atoms with E-state index in [4.69, 9.17) is 10.5 Å². The number of nitrogens with two attached hydrogens (primary N) is 1. The summed E-state index contributed by atoms with van der Waals surface area (Å²) in [7, 11) is 0. The van der Waals surface area contributed by atoms with Gasteiger partial charge in [0.1, 0.15) is 11.9 Å². The van der Waals surface area contributed by atoms with Crippen LogP contribution in [0.25, 0.3) is 6.08 Å². The van der Waals surface area contributed by atoms with Crippen molar-refractivity contribution in [1.82, 2.24) is 5.43 Å². The summed E-state index contributed by atoms with van der Waals surface area (Å²) in [5, 5.41) is 3.99. The SMILES string of the molecule is CC(C)C[C@@H](N)C(=O)N/N=C\C1=Cc2ccccc2O[C@H]1C. The van der Waals surface area contributed by atoms with Crippen LogP contribution >= 0.6 is 0 Å². The van der Waals surface area contributed by atoms with E-state index in [0.717, 1.165) is 16.9 Å². The Morgan fingerprint density at radius 1 is 1.45 bits per heavy atom. The summed E-state index contributed by atoms with van der Waals surface area (Å²) in [5.41, 5.74) is 10.2. The third-order valence-electron chi connectivity index (χ3n) is 3.46. The summed E-state index contributed by atoms with van der Waals surface area (Å²) < 4.78 is 5.81. The van der Waals surface area contributed by atoms with Gasteiger partial charge in [0, 0.05) is 11.1 Å². The molecule has 0 unspecified atom stereocenters. The lowest BCUT2D eigenvalue weighted by atomic mass is 10.0. The summed E-state index contributed by atoms with van der Waals surface area (Å²) in [5.74, 6) is 0.959. The molecular formula is C17H23N3O2. The van der Waals surface area contributed by atoms with Crippen LogP contribution in [0.2, 0.25) is 0 Å². The van der Waals surface area contributed by atoms with Crippen LogP contribution in [0.5, 0.6) is 5.75 Å². The van der Waals surface area contributed by atoms with Gasteiger partial charge in [0.15, 0.2) is 0 Å². The van der Waals surface area contributed by atoms with E-state index in [0.29, 0.717) is 12.3 Å². The molecule has 3 N–H and O–H groups in total. The number of ether oxygens (including phenoxy) is 1. The van der Waals surface area contributed by atoms with Crippen molar-refractivity contribution >= 4 is 18.2 Å². The first-order chi connectivity index (χ1) is 10.5. The Morgan fingerprint density at radius 2 is 2.18 bits per heavy atom. The number of para-hydroxylation sites is 1. The van der Waals surface area contributed by atoms with E-state index in [1.807, 2.05) is 51.1 Å². The van der Waals surface area contributed by atoms with Crippen LogP contribution in [-0.2, 0) is 4.79 Å². The normalized spacial score (nSPS) is 18.6. The van der Waals surface area contributed by atoms with Crippen molar-refractivity contribution in [3.05, 3.63) is 35.4 Å². The molecule has 0 bridgehead atoms. The van der Waals surface area contributed by atoms with Crippen LogP contribution in [0.4, 0.5) is 0 Å². The summed E-state index contributed by atoms with van der Waals surface area (Å²) >= 11 is 0. The Bertz CT molecular complexity index is 593. The molecule has 2 rings (SSSR count). The molecule has 22 heavy (non-hydrogen) atoms. The number of amides is 1. The van der Waals surface area contributed by atoms with E-state index >= 15 is 0 Å². The van der Waals surface area contributed by atoms with Crippen molar-refractivity contribution in [3.63, 3.8) is 0 Å². The van der Waals surface area contributed by atoms with Crippen LogP contribution < -0.4 is 15.9 Å². The molecule has 1 aliphatic rings. The molecule has 1 aliphatic heterocycles. The van der Waals surface area contributed by atoms with Gasteiger partial charge in [-0.2, -0.15) is 5.10 Å². The third-order valence-corrected chi connectivity index (χ3v) is 3.46. The first kappa shape index (κ1) is 16.2. The van der Waals surface area contributed by atoms with E-state index in [1.54, 1.807) is 6.21 Å². The quantitative estimate of drug-likeness (QED) is 0.647. The molecule has 0 fully saturated rings. The maximum Gasteiger partial charge on any atom is 0.256 e. The Morgan fingerprint density at radius 3 is 2.91 bits per heavy atom. The Kier molecular flexibility index (Phi) is 5.33. The number of nitrogens with zero attached hydrogens (tertiary/aromatic N) is 1. The first-order valence-electron chi connectivity index (χ1n) is 7.53. The van der Waals surface area contributed by atoms with Crippen LogP contribution in [-0.4, -0.2) is 24.3 Å². The van der Waals surface area contributed by atoms with Crippen molar-refractivity contribution in [3.8, 4) is 5.75 Å². The van der Waals surface area contributed by atoms with Gasteiger partial charge in [0.05, 0.1) is 12.3 Å². The average Bonchev–Trinajstić information content (AvgIpc) is 2.46. The fraction of sp³-hybridized carbons (Fsp3) is 0.412. The monoisotopic (exact) mass is 301 g/mol. The number of carbonyl (C=O) groups excluding carboxylic acids is 1. The number of carbonyl (C=O) groups is 1. The maximum atomic E-state index is 11.8. The van der Waals surface area contributed by atoms with Gasteiger partial charge in [0.2, 0.25) is 0 Å². The fourth-order valence-electron chi connectivity index (χ4n) is 2.27. The average molecular weight is 301 g/mol. The highest BCUT2D eigenvalue weighted by atomic mass is 16.5. The van der Waals surface area contributed by atoms with Gasteiger partial charge in [-0.3, -0.25) is 4.79 Å². The van der Waals surface area contributed by atoms with Gasteiger partial charge in [-0.1, -0.05) is 32.0 Å². The minimum absolute atomic E-state index is 0.111. The Labute approximate surface area is 131 Å². The van der Waals surface area contributed by atoms with E-state index in [-0.39, 0.29) is 12.0 Å². The molecule has 118 valence electrons. The topological polar surface area (TPSA) is 76.7 Å². The second-order valence-corrected chi connectivity index (χ2v) is 5.91. The number of benzene rings is 1. The van der Waals surface area contributed by atoms with E-state index in [1.165, 1.54) is 0 Å². The third kappa shape index (κ3) is 4.18. The van der Waals surface area contributed by atoms with Crippen LogP contribution in [0.3, 0.4) is 0 Å². The summed E-state index contributed by atoms with van der Waals surface area (Å²) in [6, 6.07) is 7.27. The first-order valence-corrected chi connectivity index (χ1v) is 7.53. The van der Waals surface area contributed by atoms with Crippen molar-refractivity contribution < 1.29 is 9.53 Å². The fourth-order valence-corrected chi connectivity index (χ4v) is 2.27. The molecule has 1 amide bonds. The minimum atomic E-state index is -0.535. The number of nitrogens with one attached hydrogen (secondary N) is 1. The zero-order valence-electron chi connectivity index (χ0n) is 13.2.